The summed E-state index contributed by atoms with van der Waals surface area (Å²) in [5, 5.41) is 0. The zero-order valence-corrected chi connectivity index (χ0v) is 15.4. The molecule has 1 aliphatic heterocycles. The highest BCUT2D eigenvalue weighted by Crippen LogP contribution is 2.11. The first-order chi connectivity index (χ1) is 12.1. The smallest absolute Gasteiger partial charge is 0.236 e. The van der Waals surface area contributed by atoms with Crippen molar-refractivity contribution in [2.75, 3.05) is 59.0 Å². The molecular weight excluding hydrogens is 321 g/mol. The van der Waals surface area contributed by atoms with E-state index in [2.05, 4.69) is 9.80 Å². The van der Waals surface area contributed by atoms with Crippen molar-refractivity contribution in [2.24, 2.45) is 0 Å². The molecule has 1 amide bonds. The fourth-order valence-electron chi connectivity index (χ4n) is 3.05. The third-order valence-corrected chi connectivity index (χ3v) is 4.64. The molecule has 2 rings (SSSR count). The molecule has 0 radical (unpaired) electrons. The summed E-state index contributed by atoms with van der Waals surface area (Å²) in [5.74, 6) is 0.692. The fourth-order valence-corrected chi connectivity index (χ4v) is 3.05. The summed E-state index contributed by atoms with van der Waals surface area (Å²) >= 11 is 0. The number of nitrogens with zero attached hydrogens (tertiary/aromatic N) is 3. The van der Waals surface area contributed by atoms with Gasteiger partial charge < -0.3 is 14.5 Å². The van der Waals surface area contributed by atoms with E-state index < -0.39 is 0 Å². The average Bonchev–Trinajstić information content (AvgIpc) is 2.62. The predicted molar refractivity (Wildman–Crippen MR) is 97.3 cm³/mol. The summed E-state index contributed by atoms with van der Waals surface area (Å²) < 4.78 is 18.4. The molecule has 0 bridgehead atoms. The van der Waals surface area contributed by atoms with Crippen LogP contribution in [-0.2, 0) is 4.79 Å². The minimum absolute atomic E-state index is 0.228. The molecule has 1 aliphatic rings. The number of benzene rings is 1. The molecule has 0 aromatic heterocycles. The second-order valence-electron chi connectivity index (χ2n) is 6.34. The Kier molecular flexibility index (Phi) is 8.15. The third-order valence-electron chi connectivity index (χ3n) is 4.64. The third kappa shape index (κ3) is 6.63. The zero-order chi connectivity index (χ0) is 18.1. The molecule has 5 nitrogen and oxygen atoms in total. The maximum absolute atomic E-state index is 12.8. The number of hydrogen-bond acceptors (Lipinski definition) is 4. The van der Waals surface area contributed by atoms with E-state index in [1.165, 1.54) is 12.1 Å². The second kappa shape index (κ2) is 10.4. The van der Waals surface area contributed by atoms with Crippen molar-refractivity contribution < 1.29 is 13.9 Å². The van der Waals surface area contributed by atoms with Crippen LogP contribution < -0.4 is 4.74 Å². The normalized spacial score (nSPS) is 16.0. The van der Waals surface area contributed by atoms with Crippen LogP contribution in [0.15, 0.2) is 24.3 Å². The molecule has 1 saturated heterocycles. The number of likely N-dealkylation sites (N-methyl/N-ethyl adjacent to an activating group) is 1. The van der Waals surface area contributed by atoms with Crippen molar-refractivity contribution in [1.82, 2.24) is 14.7 Å². The van der Waals surface area contributed by atoms with Gasteiger partial charge in [0.1, 0.15) is 11.6 Å². The van der Waals surface area contributed by atoms with Crippen molar-refractivity contribution in [3.63, 3.8) is 0 Å². The molecule has 1 aromatic rings. The summed E-state index contributed by atoms with van der Waals surface area (Å²) in [6, 6.07) is 6.13. The molecule has 0 aliphatic carbocycles. The lowest BCUT2D eigenvalue weighted by Crippen LogP contribution is -2.50. The van der Waals surface area contributed by atoms with Crippen LogP contribution in [0.1, 0.15) is 20.3 Å². The van der Waals surface area contributed by atoms with E-state index in [0.29, 0.717) is 18.9 Å². The van der Waals surface area contributed by atoms with Gasteiger partial charge in [-0.05, 0) is 44.5 Å². The highest BCUT2D eigenvalue weighted by Gasteiger charge is 2.20. The molecule has 1 aromatic carbocycles. The molecule has 1 heterocycles. The lowest BCUT2D eigenvalue weighted by molar-refractivity contribution is -0.132. The summed E-state index contributed by atoms with van der Waals surface area (Å²) in [6.45, 7) is 11.6. The molecule has 0 spiro atoms. The number of piperazine rings is 1. The van der Waals surface area contributed by atoms with Crippen LogP contribution in [0.3, 0.4) is 0 Å². The molecule has 0 unspecified atom stereocenters. The van der Waals surface area contributed by atoms with Crippen molar-refractivity contribution in [2.45, 2.75) is 20.3 Å². The van der Waals surface area contributed by atoms with Crippen LogP contribution in [0.4, 0.5) is 4.39 Å². The Hall–Kier alpha value is -1.66. The first kappa shape index (κ1) is 19.7. The van der Waals surface area contributed by atoms with Gasteiger partial charge in [-0.15, -0.1) is 0 Å². The van der Waals surface area contributed by atoms with E-state index in [9.17, 15) is 9.18 Å². The highest BCUT2D eigenvalue weighted by atomic mass is 19.1. The Morgan fingerprint density at radius 3 is 2.28 bits per heavy atom. The van der Waals surface area contributed by atoms with Gasteiger partial charge in [0.05, 0.1) is 13.2 Å². The van der Waals surface area contributed by atoms with Crippen molar-refractivity contribution in [1.29, 1.82) is 0 Å². The topological polar surface area (TPSA) is 36.0 Å². The molecule has 140 valence electrons. The maximum atomic E-state index is 12.8. The first-order valence-electron chi connectivity index (χ1n) is 9.23. The lowest BCUT2D eigenvalue weighted by atomic mass is 10.3. The van der Waals surface area contributed by atoms with Crippen LogP contribution in [-0.4, -0.2) is 79.6 Å². The molecule has 0 saturated carbocycles. The van der Waals surface area contributed by atoms with E-state index in [4.69, 9.17) is 4.74 Å². The highest BCUT2D eigenvalue weighted by molar-refractivity contribution is 5.78. The lowest BCUT2D eigenvalue weighted by Gasteiger charge is -2.35. The number of ether oxygens (including phenoxy) is 1. The summed E-state index contributed by atoms with van der Waals surface area (Å²) in [4.78, 5) is 18.7. The monoisotopic (exact) mass is 351 g/mol. The molecular formula is C19H30FN3O2. The van der Waals surface area contributed by atoms with Gasteiger partial charge in [-0.3, -0.25) is 9.69 Å². The van der Waals surface area contributed by atoms with Gasteiger partial charge in [-0.25, -0.2) is 4.39 Å². The number of amides is 1. The average molecular weight is 351 g/mol. The Bertz CT molecular complexity index is 512. The Labute approximate surface area is 150 Å². The van der Waals surface area contributed by atoms with Gasteiger partial charge in [-0.1, -0.05) is 0 Å². The summed E-state index contributed by atoms with van der Waals surface area (Å²) in [5.41, 5.74) is 0. The largest absolute Gasteiger partial charge is 0.494 e. The molecule has 0 atom stereocenters. The van der Waals surface area contributed by atoms with E-state index in [1.54, 1.807) is 12.1 Å². The standard InChI is InChI=1S/C19H30FN3O2/c1-3-23(4-2)19(24)16-22-13-11-21(12-14-22)10-5-15-25-18-8-6-17(20)7-9-18/h6-9H,3-5,10-16H2,1-2H3. The zero-order valence-electron chi connectivity index (χ0n) is 15.4. The van der Waals surface area contributed by atoms with Gasteiger partial charge in [0, 0.05) is 45.8 Å². The van der Waals surface area contributed by atoms with Crippen molar-refractivity contribution in [3.05, 3.63) is 30.1 Å². The minimum Gasteiger partial charge on any atom is -0.494 e. The molecule has 6 heteroatoms. The van der Waals surface area contributed by atoms with Crippen LogP contribution in [0.2, 0.25) is 0 Å². The number of carbonyl (C=O) groups excluding carboxylic acids is 1. The quantitative estimate of drug-likeness (QED) is 0.638. The van der Waals surface area contributed by atoms with E-state index in [-0.39, 0.29) is 11.7 Å². The Morgan fingerprint density at radius 2 is 1.68 bits per heavy atom. The van der Waals surface area contributed by atoms with Gasteiger partial charge in [0.15, 0.2) is 0 Å². The van der Waals surface area contributed by atoms with Gasteiger partial charge in [0.25, 0.3) is 0 Å². The first-order valence-corrected chi connectivity index (χ1v) is 9.23. The van der Waals surface area contributed by atoms with Crippen LogP contribution in [0.25, 0.3) is 0 Å². The SMILES string of the molecule is CCN(CC)C(=O)CN1CCN(CCCOc2ccc(F)cc2)CC1. The van der Waals surface area contributed by atoms with Crippen LogP contribution >= 0.6 is 0 Å². The van der Waals surface area contributed by atoms with Crippen molar-refractivity contribution in [3.8, 4) is 5.75 Å². The van der Waals surface area contributed by atoms with E-state index in [0.717, 1.165) is 52.2 Å². The number of rotatable bonds is 9. The van der Waals surface area contributed by atoms with Gasteiger partial charge in [0.2, 0.25) is 5.91 Å². The van der Waals surface area contributed by atoms with Gasteiger partial charge in [-0.2, -0.15) is 0 Å². The fraction of sp³-hybridized carbons (Fsp3) is 0.632. The Balaban J connectivity index is 1.59. The van der Waals surface area contributed by atoms with E-state index in [1.807, 2.05) is 18.7 Å². The van der Waals surface area contributed by atoms with Crippen molar-refractivity contribution >= 4 is 5.91 Å². The molecule has 25 heavy (non-hydrogen) atoms. The summed E-state index contributed by atoms with van der Waals surface area (Å²) in [6.07, 6.45) is 0.940. The number of halogens is 1. The maximum Gasteiger partial charge on any atom is 0.236 e. The second-order valence-corrected chi connectivity index (χ2v) is 6.34. The molecule has 1 fully saturated rings. The summed E-state index contributed by atoms with van der Waals surface area (Å²) in [7, 11) is 0. The van der Waals surface area contributed by atoms with Crippen LogP contribution in [0.5, 0.6) is 5.75 Å². The minimum atomic E-state index is -0.246. The number of hydrogen-bond donors (Lipinski definition) is 0. The Morgan fingerprint density at radius 1 is 1.08 bits per heavy atom. The number of carbonyl (C=O) groups is 1. The predicted octanol–water partition coefficient (Wildman–Crippen LogP) is 2.08. The van der Waals surface area contributed by atoms with Gasteiger partial charge >= 0.3 is 0 Å². The van der Waals surface area contributed by atoms with Crippen LogP contribution in [0, 0.1) is 5.82 Å². The molecule has 0 N–H and O–H groups in total. The van der Waals surface area contributed by atoms with E-state index >= 15 is 0 Å².